The minimum atomic E-state index is -4.94. The molecule has 2 N–H and O–H groups in total. The van der Waals surface area contributed by atoms with Crippen LogP contribution in [0, 0.1) is 0 Å². The van der Waals surface area contributed by atoms with E-state index in [4.69, 9.17) is 34.8 Å². The minimum absolute atomic E-state index is 0.185. The molecule has 0 bridgehead atoms. The van der Waals surface area contributed by atoms with E-state index >= 15 is 0 Å². The van der Waals surface area contributed by atoms with E-state index in [0.717, 1.165) is 24.3 Å². The summed E-state index contributed by atoms with van der Waals surface area (Å²) in [7, 11) is -4.20. The fraction of sp³-hybridized carbons (Fsp3) is 0.100. The number of nitrogens with one attached hydrogen (secondary N) is 2. The van der Waals surface area contributed by atoms with Crippen molar-refractivity contribution in [3.63, 3.8) is 0 Å². The Kier molecular flexibility index (Phi) is 7.34. The lowest BCUT2D eigenvalue weighted by molar-refractivity contribution is -0.274. The van der Waals surface area contributed by atoms with E-state index in [0.29, 0.717) is 11.3 Å². The maximum absolute atomic E-state index is 12.8. The monoisotopic (exact) mass is 524 g/mol. The van der Waals surface area contributed by atoms with E-state index in [-0.39, 0.29) is 27.3 Å². The zero-order valence-electron chi connectivity index (χ0n) is 15.9. The highest BCUT2D eigenvalue weighted by Gasteiger charge is 2.31. The highest BCUT2D eigenvalue weighted by Crippen LogP contribution is 2.33. The Morgan fingerprint density at radius 3 is 2.22 bits per heavy atom. The molecule has 3 rings (SSSR count). The lowest BCUT2D eigenvalue weighted by Gasteiger charge is -2.15. The number of sulfonamides is 1. The molecule has 0 radical (unpaired) electrons. The summed E-state index contributed by atoms with van der Waals surface area (Å²) in [5, 5.41) is 3.77. The number of halogens is 6. The van der Waals surface area contributed by atoms with E-state index in [1.165, 1.54) is 6.07 Å². The van der Waals surface area contributed by atoms with Gasteiger partial charge in [0.25, 0.3) is 10.0 Å². The van der Waals surface area contributed by atoms with Crippen LogP contribution in [0.1, 0.15) is 5.56 Å². The smallest absolute Gasteiger partial charge is 0.406 e. The van der Waals surface area contributed by atoms with Gasteiger partial charge in [-0.2, -0.15) is 0 Å². The third-order valence-electron chi connectivity index (χ3n) is 4.08. The van der Waals surface area contributed by atoms with Crippen LogP contribution in [0.15, 0.2) is 65.6 Å². The van der Waals surface area contributed by atoms with Gasteiger partial charge in [-0.25, -0.2) is 8.42 Å². The number of rotatable bonds is 7. The van der Waals surface area contributed by atoms with Gasteiger partial charge in [0.1, 0.15) is 5.75 Å². The molecular weight excluding hydrogens is 512 g/mol. The molecule has 0 atom stereocenters. The number of para-hydroxylation sites is 1. The van der Waals surface area contributed by atoms with E-state index < -0.39 is 27.0 Å². The van der Waals surface area contributed by atoms with Gasteiger partial charge in [-0.05, 0) is 35.9 Å². The highest BCUT2D eigenvalue weighted by atomic mass is 35.5. The minimum Gasteiger partial charge on any atom is -0.406 e. The first-order chi connectivity index (χ1) is 14.9. The molecule has 3 aromatic carbocycles. The molecule has 0 amide bonds. The van der Waals surface area contributed by atoms with Gasteiger partial charge in [0, 0.05) is 18.3 Å². The Hall–Kier alpha value is -2.33. The molecule has 0 heterocycles. The summed E-state index contributed by atoms with van der Waals surface area (Å²) in [6, 6.07) is 13.7. The van der Waals surface area contributed by atoms with E-state index in [1.807, 2.05) is 0 Å². The quantitative estimate of drug-likeness (QED) is 0.327. The summed E-state index contributed by atoms with van der Waals surface area (Å²) in [5.74, 6) is -0.646. The number of anilines is 2. The predicted molar refractivity (Wildman–Crippen MR) is 119 cm³/mol. The molecule has 12 heteroatoms. The Labute approximate surface area is 197 Å². The molecule has 0 saturated carbocycles. The van der Waals surface area contributed by atoms with Gasteiger partial charge in [0.05, 0.1) is 25.7 Å². The third kappa shape index (κ3) is 6.35. The molecule has 0 aliphatic heterocycles. The average Bonchev–Trinajstić information content (AvgIpc) is 2.70. The SMILES string of the molecule is O=S(=O)(Nc1ccccc1CNc1cc(Cl)c(Cl)c(Cl)c1)c1cccc(OC(F)(F)F)c1. The molecule has 3 aromatic rings. The molecule has 0 unspecified atom stereocenters. The molecule has 32 heavy (non-hydrogen) atoms. The van der Waals surface area contributed by atoms with Crippen LogP contribution in [0.5, 0.6) is 5.75 Å². The second-order valence-electron chi connectivity index (χ2n) is 6.39. The van der Waals surface area contributed by atoms with E-state index in [1.54, 1.807) is 30.3 Å². The zero-order chi connectivity index (χ0) is 23.5. The fourth-order valence-corrected chi connectivity index (χ4v) is 4.40. The topological polar surface area (TPSA) is 67.4 Å². The molecule has 5 nitrogen and oxygen atoms in total. The van der Waals surface area contributed by atoms with Gasteiger partial charge in [0.2, 0.25) is 0 Å². The van der Waals surface area contributed by atoms with Crippen molar-refractivity contribution in [1.82, 2.24) is 0 Å². The highest BCUT2D eigenvalue weighted by molar-refractivity contribution is 7.92. The van der Waals surface area contributed by atoms with Crippen LogP contribution in [0.25, 0.3) is 0 Å². The Balaban J connectivity index is 1.81. The van der Waals surface area contributed by atoms with Crippen molar-refractivity contribution in [2.45, 2.75) is 17.8 Å². The van der Waals surface area contributed by atoms with Crippen molar-refractivity contribution in [1.29, 1.82) is 0 Å². The van der Waals surface area contributed by atoms with Crippen molar-refractivity contribution in [3.05, 3.63) is 81.3 Å². The number of alkyl halides is 3. The maximum Gasteiger partial charge on any atom is 0.573 e. The molecule has 0 spiro atoms. The average molecular weight is 526 g/mol. The Morgan fingerprint density at radius 1 is 0.906 bits per heavy atom. The van der Waals surface area contributed by atoms with Crippen molar-refractivity contribution in [2.75, 3.05) is 10.0 Å². The first-order valence-corrected chi connectivity index (χ1v) is 11.4. The standard InChI is InChI=1S/C20H14Cl3F3N2O3S/c21-16-8-13(9-17(22)19(16)23)27-11-12-4-1-2-7-18(12)28-32(29,30)15-6-3-5-14(10-15)31-20(24,25)26/h1-10,27-28H,11H2. The van der Waals surface area contributed by atoms with Crippen LogP contribution in [0.4, 0.5) is 24.5 Å². The van der Waals surface area contributed by atoms with E-state index in [2.05, 4.69) is 14.8 Å². The molecule has 0 aliphatic rings. The molecule has 0 aromatic heterocycles. The number of hydrogen-bond donors (Lipinski definition) is 2. The van der Waals surface area contributed by atoms with Gasteiger partial charge in [0.15, 0.2) is 0 Å². The molecule has 170 valence electrons. The maximum atomic E-state index is 12.8. The number of ether oxygens (including phenoxy) is 1. The molecule has 0 saturated heterocycles. The molecule has 0 fully saturated rings. The number of hydrogen-bond acceptors (Lipinski definition) is 4. The van der Waals surface area contributed by atoms with Gasteiger partial charge in [-0.1, -0.05) is 59.1 Å². The normalized spacial score (nSPS) is 11.8. The van der Waals surface area contributed by atoms with Gasteiger partial charge in [-0.3, -0.25) is 4.72 Å². The third-order valence-corrected chi connectivity index (χ3v) is 6.64. The lowest BCUT2D eigenvalue weighted by Crippen LogP contribution is -2.18. The van der Waals surface area contributed by atoms with Crippen LogP contribution in [-0.4, -0.2) is 14.8 Å². The second-order valence-corrected chi connectivity index (χ2v) is 9.27. The Bertz CT molecular complexity index is 1210. The summed E-state index contributed by atoms with van der Waals surface area (Å²) in [5.41, 5.74) is 1.34. The van der Waals surface area contributed by atoms with Crippen LogP contribution in [0.3, 0.4) is 0 Å². The van der Waals surface area contributed by atoms with Gasteiger partial charge < -0.3 is 10.1 Å². The van der Waals surface area contributed by atoms with Crippen molar-refractivity contribution in [3.8, 4) is 5.75 Å². The van der Waals surface area contributed by atoms with Crippen molar-refractivity contribution < 1.29 is 26.3 Å². The summed E-state index contributed by atoms with van der Waals surface area (Å²) in [6.45, 7) is 0.185. The van der Waals surface area contributed by atoms with Gasteiger partial charge in [-0.15, -0.1) is 13.2 Å². The van der Waals surface area contributed by atoms with Crippen LogP contribution in [-0.2, 0) is 16.6 Å². The first kappa shape index (κ1) is 24.3. The Morgan fingerprint density at radius 2 is 1.56 bits per heavy atom. The second kappa shape index (κ2) is 9.66. The van der Waals surface area contributed by atoms with Crippen LogP contribution < -0.4 is 14.8 Å². The zero-order valence-corrected chi connectivity index (χ0v) is 19.0. The summed E-state index contributed by atoms with van der Waals surface area (Å²) in [4.78, 5) is -0.390. The van der Waals surface area contributed by atoms with Crippen LogP contribution >= 0.6 is 34.8 Å². The lowest BCUT2D eigenvalue weighted by atomic mass is 10.2. The first-order valence-electron chi connectivity index (χ1n) is 8.79. The fourth-order valence-electron chi connectivity index (χ4n) is 2.67. The molecule has 0 aliphatic carbocycles. The number of benzene rings is 3. The van der Waals surface area contributed by atoms with Crippen molar-refractivity contribution >= 4 is 56.2 Å². The summed E-state index contributed by atoms with van der Waals surface area (Å²) >= 11 is 18.0. The largest absolute Gasteiger partial charge is 0.573 e. The van der Waals surface area contributed by atoms with Crippen LogP contribution in [0.2, 0.25) is 15.1 Å². The van der Waals surface area contributed by atoms with Gasteiger partial charge >= 0.3 is 6.36 Å². The predicted octanol–water partition coefficient (Wildman–Crippen LogP) is 6.96. The summed E-state index contributed by atoms with van der Waals surface area (Å²) in [6.07, 6.45) is -4.94. The summed E-state index contributed by atoms with van der Waals surface area (Å²) < 4.78 is 69.0. The van der Waals surface area contributed by atoms with E-state index in [9.17, 15) is 21.6 Å². The van der Waals surface area contributed by atoms with Crippen molar-refractivity contribution in [2.24, 2.45) is 0 Å². The molecular formula is C20H14Cl3F3N2O3S.